The molecular formula is C13H14N2O2. The Morgan fingerprint density at radius 2 is 2.29 bits per heavy atom. The highest BCUT2D eigenvalue weighted by Crippen LogP contribution is 2.36. The van der Waals surface area contributed by atoms with Crippen molar-refractivity contribution in [3.63, 3.8) is 0 Å². The summed E-state index contributed by atoms with van der Waals surface area (Å²) >= 11 is 0. The maximum Gasteiger partial charge on any atom is 0.354 e. The molecule has 1 aromatic rings. The Balaban J connectivity index is 1.87. The number of benzene rings is 1. The zero-order chi connectivity index (χ0) is 11.8. The number of fused-ring (bicyclic) bond motifs is 3. The summed E-state index contributed by atoms with van der Waals surface area (Å²) in [4.78, 5) is 11.6. The standard InChI is InChI=1S/C13H14N2O2/c1-2-17-13(16)11-8-10-7-9-5-3-4-6-12(9)15(10)14-11/h3-6,10H,2,7-8H2,1H3. The lowest BCUT2D eigenvalue weighted by molar-refractivity contribution is -0.135. The van der Waals surface area contributed by atoms with E-state index in [2.05, 4.69) is 11.2 Å². The highest BCUT2D eigenvalue weighted by molar-refractivity contribution is 6.37. The molecule has 0 N–H and O–H groups in total. The van der Waals surface area contributed by atoms with Crippen LogP contribution in [0.3, 0.4) is 0 Å². The molecule has 0 aromatic heterocycles. The highest BCUT2D eigenvalue weighted by atomic mass is 16.5. The lowest BCUT2D eigenvalue weighted by Crippen LogP contribution is -2.22. The molecule has 0 radical (unpaired) electrons. The normalized spacial score (nSPS) is 20.9. The van der Waals surface area contributed by atoms with E-state index < -0.39 is 0 Å². The van der Waals surface area contributed by atoms with Crippen LogP contribution in [0.5, 0.6) is 0 Å². The number of carbonyl (C=O) groups is 1. The molecule has 2 aliphatic rings. The van der Waals surface area contributed by atoms with E-state index in [0.717, 1.165) is 12.1 Å². The van der Waals surface area contributed by atoms with Gasteiger partial charge in [-0.1, -0.05) is 18.2 Å². The van der Waals surface area contributed by atoms with Crippen LogP contribution in [0.25, 0.3) is 0 Å². The minimum absolute atomic E-state index is 0.278. The first-order chi connectivity index (χ1) is 8.29. The third kappa shape index (κ3) is 1.60. The van der Waals surface area contributed by atoms with Crippen LogP contribution < -0.4 is 5.01 Å². The van der Waals surface area contributed by atoms with Gasteiger partial charge in [-0.3, -0.25) is 5.01 Å². The first-order valence-corrected chi connectivity index (χ1v) is 5.91. The van der Waals surface area contributed by atoms with Crippen LogP contribution >= 0.6 is 0 Å². The summed E-state index contributed by atoms with van der Waals surface area (Å²) < 4.78 is 4.98. The number of anilines is 1. The monoisotopic (exact) mass is 230 g/mol. The lowest BCUT2D eigenvalue weighted by atomic mass is 10.1. The quantitative estimate of drug-likeness (QED) is 0.727. The molecule has 2 heterocycles. The Bertz CT molecular complexity index is 496. The van der Waals surface area contributed by atoms with Crippen LogP contribution in [-0.2, 0) is 16.0 Å². The van der Waals surface area contributed by atoms with Crippen LogP contribution in [0.2, 0.25) is 0 Å². The maximum atomic E-state index is 11.6. The molecule has 1 unspecified atom stereocenters. The van der Waals surface area contributed by atoms with Crippen molar-refractivity contribution in [3.8, 4) is 0 Å². The number of carbonyl (C=O) groups excluding carboxylic acids is 1. The number of nitrogens with zero attached hydrogens (tertiary/aromatic N) is 2. The third-order valence-electron chi connectivity index (χ3n) is 3.21. The molecule has 0 bridgehead atoms. The number of rotatable bonds is 2. The van der Waals surface area contributed by atoms with E-state index in [-0.39, 0.29) is 5.97 Å². The van der Waals surface area contributed by atoms with Gasteiger partial charge in [0.2, 0.25) is 0 Å². The summed E-state index contributed by atoms with van der Waals surface area (Å²) in [6.45, 7) is 2.21. The fraction of sp³-hybridized carbons (Fsp3) is 0.385. The van der Waals surface area contributed by atoms with E-state index in [1.54, 1.807) is 0 Å². The van der Waals surface area contributed by atoms with E-state index >= 15 is 0 Å². The first kappa shape index (κ1) is 10.3. The molecule has 0 saturated heterocycles. The average molecular weight is 230 g/mol. The van der Waals surface area contributed by atoms with Gasteiger partial charge in [-0.25, -0.2) is 4.79 Å². The smallest absolute Gasteiger partial charge is 0.354 e. The van der Waals surface area contributed by atoms with Crippen LogP contribution in [0.15, 0.2) is 29.4 Å². The maximum absolute atomic E-state index is 11.6. The minimum Gasteiger partial charge on any atom is -0.461 e. The predicted octanol–water partition coefficient (Wildman–Crippen LogP) is 1.74. The molecule has 0 aliphatic carbocycles. The molecule has 88 valence electrons. The fourth-order valence-corrected chi connectivity index (χ4v) is 2.47. The molecule has 0 spiro atoms. The zero-order valence-corrected chi connectivity index (χ0v) is 9.72. The molecule has 4 nitrogen and oxygen atoms in total. The molecule has 0 saturated carbocycles. The molecule has 0 fully saturated rings. The van der Waals surface area contributed by atoms with Crippen molar-refractivity contribution in [2.45, 2.75) is 25.8 Å². The zero-order valence-electron chi connectivity index (χ0n) is 9.72. The summed E-state index contributed by atoms with van der Waals surface area (Å²) in [6.07, 6.45) is 1.65. The summed E-state index contributed by atoms with van der Waals surface area (Å²) in [5.74, 6) is -0.278. The van der Waals surface area contributed by atoms with Crippen LogP contribution in [0.4, 0.5) is 5.69 Å². The summed E-state index contributed by atoms with van der Waals surface area (Å²) in [5, 5.41) is 6.35. The van der Waals surface area contributed by atoms with Crippen LogP contribution in [-0.4, -0.2) is 24.3 Å². The van der Waals surface area contributed by atoms with Crippen molar-refractivity contribution in [2.75, 3.05) is 11.6 Å². The SMILES string of the molecule is CCOC(=O)C1=NN2c3ccccc3CC2C1. The van der Waals surface area contributed by atoms with E-state index in [1.807, 2.05) is 30.1 Å². The number of hydrogen-bond acceptors (Lipinski definition) is 4. The topological polar surface area (TPSA) is 41.9 Å². The highest BCUT2D eigenvalue weighted by Gasteiger charge is 2.37. The number of ether oxygens (including phenoxy) is 1. The van der Waals surface area contributed by atoms with Gasteiger partial charge in [0.1, 0.15) is 5.71 Å². The fourth-order valence-electron chi connectivity index (χ4n) is 2.47. The second-order valence-electron chi connectivity index (χ2n) is 4.30. The number of para-hydroxylation sites is 1. The molecule has 1 atom stereocenters. The molecule has 1 aromatic carbocycles. The Hall–Kier alpha value is -1.84. The summed E-state index contributed by atoms with van der Waals surface area (Å²) in [7, 11) is 0. The van der Waals surface area contributed by atoms with Gasteiger partial charge in [0.05, 0.1) is 18.3 Å². The molecule has 17 heavy (non-hydrogen) atoms. The predicted molar refractivity (Wildman–Crippen MR) is 65.1 cm³/mol. The van der Waals surface area contributed by atoms with E-state index in [4.69, 9.17) is 4.74 Å². The molecule has 3 rings (SSSR count). The largest absolute Gasteiger partial charge is 0.461 e. The van der Waals surface area contributed by atoms with Crippen molar-refractivity contribution >= 4 is 17.4 Å². The van der Waals surface area contributed by atoms with Crippen LogP contribution in [0, 0.1) is 0 Å². The van der Waals surface area contributed by atoms with Crippen molar-refractivity contribution in [1.82, 2.24) is 0 Å². The van der Waals surface area contributed by atoms with Crippen molar-refractivity contribution in [3.05, 3.63) is 29.8 Å². The molecule has 0 amide bonds. The second-order valence-corrected chi connectivity index (χ2v) is 4.30. The Kier molecular flexibility index (Phi) is 2.35. The number of hydrazone groups is 1. The number of hydrogen-bond donors (Lipinski definition) is 0. The van der Waals surface area contributed by atoms with E-state index in [1.165, 1.54) is 5.56 Å². The average Bonchev–Trinajstić information content (AvgIpc) is 2.86. The van der Waals surface area contributed by atoms with Gasteiger partial charge in [0, 0.05) is 6.42 Å². The van der Waals surface area contributed by atoms with Crippen molar-refractivity contribution < 1.29 is 9.53 Å². The number of esters is 1. The van der Waals surface area contributed by atoms with Gasteiger partial charge in [0.15, 0.2) is 0 Å². The minimum atomic E-state index is -0.278. The van der Waals surface area contributed by atoms with Crippen molar-refractivity contribution in [2.24, 2.45) is 5.10 Å². The first-order valence-electron chi connectivity index (χ1n) is 5.91. The van der Waals surface area contributed by atoms with Crippen LogP contribution in [0.1, 0.15) is 18.9 Å². The van der Waals surface area contributed by atoms with Gasteiger partial charge in [-0.2, -0.15) is 5.10 Å². The Morgan fingerprint density at radius 3 is 3.12 bits per heavy atom. The van der Waals surface area contributed by atoms with Crippen molar-refractivity contribution in [1.29, 1.82) is 0 Å². The summed E-state index contributed by atoms with van der Waals surface area (Å²) in [6, 6.07) is 8.50. The van der Waals surface area contributed by atoms with Gasteiger partial charge in [0.25, 0.3) is 0 Å². The van der Waals surface area contributed by atoms with Gasteiger partial charge < -0.3 is 4.74 Å². The van der Waals surface area contributed by atoms with E-state index in [0.29, 0.717) is 24.8 Å². The molecular weight excluding hydrogens is 216 g/mol. The second kappa shape index (κ2) is 3.87. The van der Waals surface area contributed by atoms with E-state index in [9.17, 15) is 4.79 Å². The molecule has 2 aliphatic heterocycles. The summed E-state index contributed by atoms with van der Waals surface area (Å²) in [5.41, 5.74) is 2.98. The van der Waals surface area contributed by atoms with Gasteiger partial charge >= 0.3 is 5.97 Å². The Labute approximate surface area is 99.9 Å². The van der Waals surface area contributed by atoms with Gasteiger partial charge in [-0.05, 0) is 25.0 Å². The Morgan fingerprint density at radius 1 is 1.47 bits per heavy atom. The molecule has 4 heteroatoms. The van der Waals surface area contributed by atoms with Gasteiger partial charge in [-0.15, -0.1) is 0 Å². The lowest BCUT2D eigenvalue weighted by Gasteiger charge is -2.13. The third-order valence-corrected chi connectivity index (χ3v) is 3.21.